The molecule has 0 aromatic heterocycles. The van der Waals surface area contributed by atoms with Crippen LogP contribution in [0.25, 0.3) is 0 Å². The van der Waals surface area contributed by atoms with E-state index in [9.17, 15) is 4.79 Å². The number of hydrogen-bond donors (Lipinski definition) is 0. The van der Waals surface area contributed by atoms with Crippen LogP contribution < -0.4 is 9.47 Å². The quantitative estimate of drug-likeness (QED) is 0.488. The van der Waals surface area contributed by atoms with Crippen LogP contribution in [0, 0.1) is 0 Å². The second kappa shape index (κ2) is 7.91. The van der Waals surface area contributed by atoms with Gasteiger partial charge < -0.3 is 9.47 Å². The Labute approximate surface area is 152 Å². The lowest BCUT2D eigenvalue weighted by Gasteiger charge is -2.23. The van der Waals surface area contributed by atoms with Gasteiger partial charge in [-0.05, 0) is 47.7 Å². The van der Waals surface area contributed by atoms with Gasteiger partial charge in [0, 0.05) is 5.02 Å². The van der Waals surface area contributed by atoms with Gasteiger partial charge in [-0.25, -0.2) is 4.79 Å². The van der Waals surface area contributed by atoms with Gasteiger partial charge in [-0.15, -0.1) is 0 Å². The molecule has 0 spiro atoms. The third-order valence-corrected chi connectivity index (χ3v) is 4.52. The third-order valence-electron chi connectivity index (χ3n) is 3.99. The van der Waals surface area contributed by atoms with Gasteiger partial charge in [-0.2, -0.15) is 0 Å². The summed E-state index contributed by atoms with van der Waals surface area (Å²) in [7, 11) is 0. The Kier molecular flexibility index (Phi) is 6.14. The molecule has 0 aliphatic rings. The summed E-state index contributed by atoms with van der Waals surface area (Å²) in [4.78, 5) is 11.9. The molecule has 0 heterocycles. The summed E-state index contributed by atoms with van der Waals surface area (Å²) in [5.74, 6) is 0.378. The first-order valence-corrected chi connectivity index (χ1v) is 8.46. The second-order valence-electron chi connectivity index (χ2n) is 6.10. The number of rotatable bonds is 6. The van der Waals surface area contributed by atoms with E-state index in [4.69, 9.17) is 32.7 Å². The molecule has 0 aliphatic heterocycles. The molecule has 0 aliphatic carbocycles. The molecule has 2 rings (SSSR count). The maximum Gasteiger partial charge on any atom is 0.349 e. The summed E-state index contributed by atoms with van der Waals surface area (Å²) >= 11 is 11.8. The average molecular weight is 367 g/mol. The Hall–Kier alpha value is -1.71. The normalized spacial score (nSPS) is 11.2. The third kappa shape index (κ3) is 4.89. The van der Waals surface area contributed by atoms with Crippen molar-refractivity contribution in [2.24, 2.45) is 0 Å². The van der Waals surface area contributed by atoms with Gasteiger partial charge >= 0.3 is 5.97 Å². The molecule has 0 radical (unpaired) electrons. The monoisotopic (exact) mass is 366 g/mol. The van der Waals surface area contributed by atoms with Crippen molar-refractivity contribution in [3.05, 3.63) is 58.1 Å². The van der Waals surface area contributed by atoms with E-state index in [1.807, 2.05) is 12.1 Å². The van der Waals surface area contributed by atoms with Crippen molar-refractivity contribution in [3.8, 4) is 11.5 Å². The molecule has 0 bridgehead atoms. The lowest BCUT2D eigenvalue weighted by molar-refractivity contribution is -0.136. The first-order chi connectivity index (χ1) is 11.3. The smallest absolute Gasteiger partial charge is 0.349 e. The van der Waals surface area contributed by atoms with Crippen molar-refractivity contribution < 1.29 is 14.3 Å². The highest BCUT2D eigenvalue weighted by molar-refractivity contribution is 6.35. The Balaban J connectivity index is 1.92. The maximum absolute atomic E-state index is 11.9. The largest absolute Gasteiger partial charge is 0.480 e. The molecule has 2 aromatic carbocycles. The van der Waals surface area contributed by atoms with Crippen LogP contribution in [0.5, 0.6) is 11.5 Å². The van der Waals surface area contributed by atoms with Gasteiger partial charge in [0.25, 0.3) is 0 Å². The fraction of sp³-hybridized carbons (Fsp3) is 0.316. The first kappa shape index (κ1) is 18.6. The molecule has 3 nitrogen and oxygen atoms in total. The summed E-state index contributed by atoms with van der Waals surface area (Å²) in [6, 6.07) is 12.3. The molecular formula is C19H20Cl2O3. The Morgan fingerprint density at radius 1 is 1.08 bits per heavy atom. The van der Waals surface area contributed by atoms with Crippen molar-refractivity contribution in [1.29, 1.82) is 0 Å². The van der Waals surface area contributed by atoms with Gasteiger partial charge in [-0.1, -0.05) is 56.1 Å². The van der Waals surface area contributed by atoms with E-state index in [0.717, 1.165) is 6.42 Å². The van der Waals surface area contributed by atoms with Crippen LogP contribution in [0.4, 0.5) is 0 Å². The average Bonchev–Trinajstić information content (AvgIpc) is 2.54. The van der Waals surface area contributed by atoms with Crippen LogP contribution in [-0.2, 0) is 10.2 Å². The van der Waals surface area contributed by atoms with Crippen molar-refractivity contribution in [2.75, 3.05) is 6.61 Å². The minimum absolute atomic E-state index is 0.0942. The summed E-state index contributed by atoms with van der Waals surface area (Å²) in [6.07, 6.45) is 1.03. The van der Waals surface area contributed by atoms with Crippen LogP contribution in [-0.4, -0.2) is 12.6 Å². The van der Waals surface area contributed by atoms with Crippen molar-refractivity contribution in [2.45, 2.75) is 32.6 Å². The molecule has 0 saturated heterocycles. The van der Waals surface area contributed by atoms with Crippen LogP contribution in [0.1, 0.15) is 32.8 Å². The van der Waals surface area contributed by atoms with E-state index in [0.29, 0.717) is 21.5 Å². The second-order valence-corrected chi connectivity index (χ2v) is 6.94. The SMILES string of the molecule is CCC(C)(C)c1ccc(OC(=O)COc2ccc(Cl)cc2Cl)cc1. The zero-order chi connectivity index (χ0) is 17.7. The van der Waals surface area contributed by atoms with Crippen LogP contribution >= 0.6 is 23.2 Å². The molecule has 0 saturated carbocycles. The topological polar surface area (TPSA) is 35.5 Å². The van der Waals surface area contributed by atoms with Gasteiger partial charge in [0.15, 0.2) is 6.61 Å². The van der Waals surface area contributed by atoms with Crippen molar-refractivity contribution in [1.82, 2.24) is 0 Å². The standard InChI is InChI=1S/C19H20Cl2O3/c1-4-19(2,3)13-5-8-15(9-6-13)24-18(22)12-23-17-10-7-14(20)11-16(17)21/h5-11H,4,12H2,1-3H3. The first-order valence-electron chi connectivity index (χ1n) is 7.71. The van der Waals surface area contributed by atoms with E-state index in [1.165, 1.54) is 5.56 Å². The van der Waals surface area contributed by atoms with Gasteiger partial charge in [0.05, 0.1) is 5.02 Å². The summed E-state index contributed by atoms with van der Waals surface area (Å²) in [5, 5.41) is 0.853. The molecule has 24 heavy (non-hydrogen) atoms. The Bertz CT molecular complexity index is 709. The van der Waals surface area contributed by atoms with Crippen molar-refractivity contribution >= 4 is 29.2 Å². The molecule has 128 valence electrons. The highest BCUT2D eigenvalue weighted by Gasteiger charge is 2.18. The summed E-state index contributed by atoms with van der Waals surface area (Å²) < 4.78 is 10.6. The minimum Gasteiger partial charge on any atom is -0.480 e. The number of hydrogen-bond acceptors (Lipinski definition) is 3. The molecule has 0 fully saturated rings. The number of carbonyl (C=O) groups excluding carboxylic acids is 1. The zero-order valence-electron chi connectivity index (χ0n) is 13.9. The summed E-state index contributed by atoms with van der Waals surface area (Å²) in [6.45, 7) is 6.27. The van der Waals surface area contributed by atoms with Crippen LogP contribution in [0.3, 0.4) is 0 Å². The molecular weight excluding hydrogens is 347 g/mol. The maximum atomic E-state index is 11.9. The van der Waals surface area contributed by atoms with Crippen molar-refractivity contribution in [3.63, 3.8) is 0 Å². The van der Waals surface area contributed by atoms with Crippen LogP contribution in [0.2, 0.25) is 10.0 Å². The minimum atomic E-state index is -0.497. The molecule has 0 unspecified atom stereocenters. The fourth-order valence-electron chi connectivity index (χ4n) is 2.07. The molecule has 5 heteroatoms. The number of halogens is 2. The van der Waals surface area contributed by atoms with E-state index < -0.39 is 5.97 Å². The molecule has 0 amide bonds. The number of benzene rings is 2. The number of ether oxygens (including phenoxy) is 2. The van der Waals surface area contributed by atoms with Gasteiger partial charge in [-0.3, -0.25) is 0 Å². The highest BCUT2D eigenvalue weighted by Crippen LogP contribution is 2.29. The lowest BCUT2D eigenvalue weighted by atomic mass is 9.82. The molecule has 2 aromatic rings. The predicted octanol–water partition coefficient (Wildman–Crippen LogP) is 5.67. The summed E-state index contributed by atoms with van der Waals surface area (Å²) in [5.41, 5.74) is 1.30. The van der Waals surface area contributed by atoms with E-state index in [2.05, 4.69) is 20.8 Å². The number of carbonyl (C=O) groups is 1. The predicted molar refractivity (Wildman–Crippen MR) is 97.4 cm³/mol. The van der Waals surface area contributed by atoms with Gasteiger partial charge in [0.2, 0.25) is 0 Å². The van der Waals surface area contributed by atoms with Crippen LogP contribution in [0.15, 0.2) is 42.5 Å². The Morgan fingerprint density at radius 2 is 1.75 bits per heavy atom. The molecule has 0 N–H and O–H groups in total. The fourth-order valence-corrected chi connectivity index (χ4v) is 2.53. The van der Waals surface area contributed by atoms with E-state index >= 15 is 0 Å². The lowest BCUT2D eigenvalue weighted by Crippen LogP contribution is -2.18. The zero-order valence-corrected chi connectivity index (χ0v) is 15.4. The van der Waals surface area contributed by atoms with E-state index in [-0.39, 0.29) is 12.0 Å². The molecule has 0 atom stereocenters. The number of esters is 1. The Morgan fingerprint density at radius 3 is 2.33 bits per heavy atom. The highest BCUT2D eigenvalue weighted by atomic mass is 35.5. The van der Waals surface area contributed by atoms with Gasteiger partial charge in [0.1, 0.15) is 11.5 Å². The van der Waals surface area contributed by atoms with E-state index in [1.54, 1.807) is 30.3 Å².